The molecule has 1 heterocycles. The van der Waals surface area contributed by atoms with Crippen molar-refractivity contribution in [2.45, 2.75) is 6.42 Å². The van der Waals surface area contributed by atoms with Crippen LogP contribution in [0.1, 0.15) is 11.4 Å². The average molecular weight is 350 g/mol. The van der Waals surface area contributed by atoms with Crippen LogP contribution in [-0.2, 0) is 6.42 Å². The predicted molar refractivity (Wildman–Crippen MR) is 79.7 cm³/mol. The van der Waals surface area contributed by atoms with Gasteiger partial charge in [-0.3, -0.25) is 10.1 Å². The number of benzene rings is 2. The van der Waals surface area contributed by atoms with Crippen molar-refractivity contribution in [2.24, 2.45) is 0 Å². The summed E-state index contributed by atoms with van der Waals surface area (Å²) in [6, 6.07) is 9.31. The highest BCUT2D eigenvalue weighted by Gasteiger charge is 2.17. The highest BCUT2D eigenvalue weighted by Crippen LogP contribution is 2.28. The van der Waals surface area contributed by atoms with Gasteiger partial charge in [-0.1, -0.05) is 28.1 Å². The molecular weight excluding hydrogens is 341 g/mol. The van der Waals surface area contributed by atoms with Gasteiger partial charge in [-0.2, -0.15) is 0 Å². The zero-order valence-electron chi connectivity index (χ0n) is 10.6. The van der Waals surface area contributed by atoms with Gasteiger partial charge in [0.25, 0.3) is 5.69 Å². The average Bonchev–Trinajstić information content (AvgIpc) is 2.79. The maximum absolute atomic E-state index is 13.2. The summed E-state index contributed by atoms with van der Waals surface area (Å²) in [5.41, 5.74) is 1.55. The molecule has 0 bridgehead atoms. The molecule has 21 heavy (non-hydrogen) atoms. The van der Waals surface area contributed by atoms with E-state index >= 15 is 0 Å². The zero-order valence-corrected chi connectivity index (χ0v) is 12.2. The van der Waals surface area contributed by atoms with E-state index in [9.17, 15) is 14.5 Å². The first kappa shape index (κ1) is 13.7. The summed E-state index contributed by atoms with van der Waals surface area (Å²) in [5, 5.41) is 11.1. The fourth-order valence-corrected chi connectivity index (χ4v) is 2.62. The van der Waals surface area contributed by atoms with Gasteiger partial charge in [0.15, 0.2) is 5.52 Å². The maximum Gasteiger partial charge on any atom is 0.298 e. The summed E-state index contributed by atoms with van der Waals surface area (Å²) in [4.78, 5) is 17.9. The topological polar surface area (TPSA) is 71.8 Å². The van der Waals surface area contributed by atoms with Crippen molar-refractivity contribution in [1.82, 2.24) is 9.97 Å². The molecule has 0 saturated heterocycles. The molecule has 0 spiro atoms. The highest BCUT2D eigenvalue weighted by molar-refractivity contribution is 9.10. The van der Waals surface area contributed by atoms with Gasteiger partial charge >= 0.3 is 0 Å². The monoisotopic (exact) mass is 349 g/mol. The number of non-ortho nitro benzene ring substituents is 1. The van der Waals surface area contributed by atoms with Gasteiger partial charge in [0.1, 0.15) is 11.6 Å². The molecular formula is C14H9BrFN3O2. The number of H-pyrrole nitrogens is 1. The van der Waals surface area contributed by atoms with Gasteiger partial charge in [-0.15, -0.1) is 0 Å². The third kappa shape index (κ3) is 2.78. The minimum absolute atomic E-state index is 0.0684. The summed E-state index contributed by atoms with van der Waals surface area (Å²) in [6.07, 6.45) is 0.376. The van der Waals surface area contributed by atoms with E-state index < -0.39 is 4.92 Å². The standard InChI is InChI=1S/C14H9BrFN3O2/c15-9-6-11-14(12(7-9)19(20)21)18-13(17-11)5-8-2-1-3-10(16)4-8/h1-4,6-7H,5H2,(H,17,18). The first-order chi connectivity index (χ1) is 10.0. The Bertz CT molecular complexity index is 847. The molecule has 3 aromatic rings. The van der Waals surface area contributed by atoms with E-state index in [0.29, 0.717) is 27.8 Å². The second-order valence-electron chi connectivity index (χ2n) is 4.57. The first-order valence-electron chi connectivity index (χ1n) is 6.10. The number of nitrogens with zero attached hydrogens (tertiary/aromatic N) is 2. The van der Waals surface area contributed by atoms with Crippen molar-refractivity contribution in [3.63, 3.8) is 0 Å². The first-order valence-corrected chi connectivity index (χ1v) is 6.89. The second-order valence-corrected chi connectivity index (χ2v) is 5.48. The van der Waals surface area contributed by atoms with Crippen molar-refractivity contribution in [3.05, 3.63) is 68.2 Å². The number of imidazole rings is 1. The van der Waals surface area contributed by atoms with Crippen LogP contribution < -0.4 is 0 Å². The predicted octanol–water partition coefficient (Wildman–Crippen LogP) is 3.96. The summed E-state index contributed by atoms with van der Waals surface area (Å²) >= 11 is 3.24. The number of halogens is 2. The summed E-state index contributed by atoms with van der Waals surface area (Å²) < 4.78 is 13.8. The summed E-state index contributed by atoms with van der Waals surface area (Å²) in [5.74, 6) is 0.231. The van der Waals surface area contributed by atoms with E-state index in [4.69, 9.17) is 0 Å². The molecule has 3 rings (SSSR count). The third-order valence-corrected chi connectivity index (χ3v) is 3.50. The molecule has 0 atom stereocenters. The molecule has 0 fully saturated rings. The van der Waals surface area contributed by atoms with E-state index in [2.05, 4.69) is 25.9 Å². The number of aromatic nitrogens is 2. The van der Waals surface area contributed by atoms with Gasteiger partial charge in [0.05, 0.1) is 10.4 Å². The molecule has 0 unspecified atom stereocenters. The SMILES string of the molecule is O=[N+]([O-])c1cc(Br)cc2[nH]c(Cc3cccc(F)c3)nc12. The fraction of sp³-hybridized carbons (Fsp3) is 0.0714. The summed E-state index contributed by atoms with van der Waals surface area (Å²) in [7, 11) is 0. The van der Waals surface area contributed by atoms with Crippen LogP contribution in [0.5, 0.6) is 0 Å². The van der Waals surface area contributed by atoms with Crippen LogP contribution in [0.2, 0.25) is 0 Å². The molecule has 0 saturated carbocycles. The van der Waals surface area contributed by atoms with Gasteiger partial charge < -0.3 is 4.98 Å². The van der Waals surface area contributed by atoms with Gasteiger partial charge in [0.2, 0.25) is 0 Å². The number of nitrogens with one attached hydrogen (secondary N) is 1. The van der Waals surface area contributed by atoms with Gasteiger partial charge in [0, 0.05) is 17.0 Å². The van der Waals surface area contributed by atoms with E-state index in [-0.39, 0.29) is 11.5 Å². The Balaban J connectivity index is 2.05. The number of hydrogen-bond donors (Lipinski definition) is 1. The number of hydrogen-bond acceptors (Lipinski definition) is 3. The maximum atomic E-state index is 13.2. The smallest absolute Gasteiger partial charge is 0.298 e. The number of rotatable bonds is 3. The van der Waals surface area contributed by atoms with Crippen molar-refractivity contribution in [3.8, 4) is 0 Å². The number of fused-ring (bicyclic) bond motifs is 1. The lowest BCUT2D eigenvalue weighted by Crippen LogP contribution is -1.92. The quantitative estimate of drug-likeness (QED) is 0.574. The van der Waals surface area contributed by atoms with Crippen LogP contribution in [0.25, 0.3) is 11.0 Å². The van der Waals surface area contributed by atoms with Gasteiger partial charge in [-0.25, -0.2) is 9.37 Å². The van der Waals surface area contributed by atoms with Crippen LogP contribution in [-0.4, -0.2) is 14.9 Å². The highest BCUT2D eigenvalue weighted by atomic mass is 79.9. The number of nitro groups is 1. The normalized spacial score (nSPS) is 11.0. The Kier molecular flexibility index (Phi) is 3.42. The van der Waals surface area contributed by atoms with Crippen molar-refractivity contribution < 1.29 is 9.31 Å². The minimum atomic E-state index is -0.472. The molecule has 1 aromatic heterocycles. The summed E-state index contributed by atoms with van der Waals surface area (Å²) in [6.45, 7) is 0. The Morgan fingerprint density at radius 3 is 2.86 bits per heavy atom. The lowest BCUT2D eigenvalue weighted by Gasteiger charge is -1.97. The van der Waals surface area contributed by atoms with E-state index in [1.165, 1.54) is 18.2 Å². The van der Waals surface area contributed by atoms with Gasteiger partial charge in [-0.05, 0) is 23.8 Å². The second kappa shape index (κ2) is 5.25. The van der Waals surface area contributed by atoms with E-state index in [1.54, 1.807) is 18.2 Å². The lowest BCUT2D eigenvalue weighted by atomic mass is 10.1. The van der Waals surface area contributed by atoms with Crippen molar-refractivity contribution in [1.29, 1.82) is 0 Å². The molecule has 5 nitrogen and oxygen atoms in total. The van der Waals surface area contributed by atoms with Crippen LogP contribution in [0.4, 0.5) is 10.1 Å². The van der Waals surface area contributed by atoms with Crippen LogP contribution in [0, 0.1) is 15.9 Å². The van der Waals surface area contributed by atoms with Crippen LogP contribution in [0.3, 0.4) is 0 Å². The Morgan fingerprint density at radius 2 is 2.14 bits per heavy atom. The largest absolute Gasteiger partial charge is 0.341 e. The number of nitro benzene ring substituents is 1. The number of aromatic amines is 1. The fourth-order valence-electron chi connectivity index (χ4n) is 2.18. The minimum Gasteiger partial charge on any atom is -0.341 e. The molecule has 7 heteroatoms. The molecule has 0 radical (unpaired) electrons. The van der Waals surface area contributed by atoms with E-state index in [0.717, 1.165) is 5.56 Å². The lowest BCUT2D eigenvalue weighted by molar-refractivity contribution is -0.383. The van der Waals surface area contributed by atoms with E-state index in [1.807, 2.05) is 0 Å². The molecule has 0 amide bonds. The Labute approximate surface area is 127 Å². The Morgan fingerprint density at radius 1 is 1.33 bits per heavy atom. The molecule has 106 valence electrons. The Hall–Kier alpha value is -2.28. The third-order valence-electron chi connectivity index (χ3n) is 3.04. The molecule has 0 aliphatic rings. The zero-order chi connectivity index (χ0) is 15.0. The van der Waals surface area contributed by atoms with Crippen molar-refractivity contribution >= 4 is 32.7 Å². The molecule has 1 N–H and O–H groups in total. The molecule has 0 aliphatic carbocycles. The molecule has 2 aromatic carbocycles. The molecule has 0 aliphatic heterocycles. The van der Waals surface area contributed by atoms with Crippen molar-refractivity contribution in [2.75, 3.05) is 0 Å². The van der Waals surface area contributed by atoms with Crippen LogP contribution in [0.15, 0.2) is 40.9 Å². The van der Waals surface area contributed by atoms with Crippen LogP contribution >= 0.6 is 15.9 Å².